The average Bonchev–Trinajstić information content (AvgIpc) is 3.16. The van der Waals surface area contributed by atoms with Crippen molar-refractivity contribution in [3.05, 3.63) is 80.6 Å². The van der Waals surface area contributed by atoms with Crippen molar-refractivity contribution in [2.75, 3.05) is 5.75 Å². The van der Waals surface area contributed by atoms with E-state index in [1.54, 1.807) is 24.3 Å². The second-order valence-electron chi connectivity index (χ2n) is 7.06. The van der Waals surface area contributed by atoms with Crippen molar-refractivity contribution in [2.45, 2.75) is 17.6 Å². The summed E-state index contributed by atoms with van der Waals surface area (Å²) < 4.78 is 30.6. The topological polar surface area (TPSA) is 94.3 Å². The summed E-state index contributed by atoms with van der Waals surface area (Å²) in [5.74, 6) is -1.07. The number of hydrogen-bond acceptors (Lipinski definition) is 7. The van der Waals surface area contributed by atoms with Gasteiger partial charge in [0.15, 0.2) is 15.6 Å². The first kappa shape index (κ1) is 21.4. The zero-order chi connectivity index (χ0) is 22.2. The number of rotatable bonds is 6. The maximum absolute atomic E-state index is 12.8. The number of fused-ring (bicyclic) bond motifs is 1. The second-order valence-corrected chi connectivity index (χ2v) is 11.0. The summed E-state index contributed by atoms with van der Waals surface area (Å²) in [5, 5.41) is 0.461. The molecule has 0 aliphatic carbocycles. The Kier molecular flexibility index (Phi) is 5.79. The summed E-state index contributed by atoms with van der Waals surface area (Å²) in [5.41, 5.74) is 2.57. The van der Waals surface area contributed by atoms with E-state index in [1.165, 1.54) is 24.6 Å². The van der Waals surface area contributed by atoms with Crippen LogP contribution in [0.3, 0.4) is 0 Å². The number of aromatic nitrogens is 1. The average molecular weight is 474 g/mol. The Bertz CT molecular complexity index is 1450. The predicted molar refractivity (Wildman–Crippen MR) is 121 cm³/mol. The minimum atomic E-state index is -3.73. The molecule has 4 rings (SSSR count). The molecule has 31 heavy (non-hydrogen) atoms. The molecule has 0 radical (unpaired) electrons. The van der Waals surface area contributed by atoms with Gasteiger partial charge in [-0.25, -0.2) is 8.42 Å². The van der Waals surface area contributed by atoms with Crippen LogP contribution in [0, 0.1) is 6.92 Å². The molecule has 0 aliphatic rings. The van der Waals surface area contributed by atoms with Crippen molar-refractivity contribution in [3.63, 3.8) is 0 Å². The first-order chi connectivity index (χ1) is 14.7. The van der Waals surface area contributed by atoms with Crippen molar-refractivity contribution in [1.29, 1.82) is 0 Å². The smallest absolute Gasteiger partial charge is 0.202 e. The Hall–Kier alpha value is -2.81. The van der Waals surface area contributed by atoms with Gasteiger partial charge in [-0.15, -0.1) is 11.3 Å². The third-order valence-corrected chi connectivity index (χ3v) is 8.13. The fourth-order valence-corrected chi connectivity index (χ4v) is 5.94. The van der Waals surface area contributed by atoms with E-state index in [-0.39, 0.29) is 16.1 Å². The predicted octanol–water partition coefficient (Wildman–Crippen LogP) is 4.46. The molecule has 9 heteroatoms. The highest BCUT2D eigenvalue weighted by Gasteiger charge is 2.21. The number of Topliss-reactive ketones (excluding diaryl/α,β-unsaturated/α-hetero) is 1. The van der Waals surface area contributed by atoms with Crippen molar-refractivity contribution in [1.82, 2.24) is 4.98 Å². The summed E-state index contributed by atoms with van der Waals surface area (Å²) >= 11 is 6.70. The number of carbonyl (C=O) groups excluding carboxylic acids is 1. The van der Waals surface area contributed by atoms with Crippen LogP contribution >= 0.6 is 22.9 Å². The van der Waals surface area contributed by atoms with Crippen molar-refractivity contribution in [2.24, 2.45) is 0 Å². The molecule has 158 valence electrons. The summed E-state index contributed by atoms with van der Waals surface area (Å²) in [6.45, 7) is 1.91. The number of pyridine rings is 1. The molecule has 0 bridgehead atoms. The molecule has 0 spiro atoms. The molecule has 6 nitrogen and oxygen atoms in total. The highest BCUT2D eigenvalue weighted by atomic mass is 35.5. The Balaban J connectivity index is 1.52. The van der Waals surface area contributed by atoms with Gasteiger partial charge in [0.05, 0.1) is 21.0 Å². The van der Waals surface area contributed by atoms with Crippen LogP contribution in [0.15, 0.2) is 68.3 Å². The Morgan fingerprint density at radius 3 is 2.65 bits per heavy atom. The zero-order valence-electron chi connectivity index (χ0n) is 16.3. The summed E-state index contributed by atoms with van der Waals surface area (Å²) in [6, 6.07) is 11.5. The highest BCUT2D eigenvalue weighted by Crippen LogP contribution is 2.26. The monoisotopic (exact) mass is 473 g/mol. The van der Waals surface area contributed by atoms with Gasteiger partial charge in [-0.05, 0) is 48.4 Å². The molecule has 0 unspecified atom stereocenters. The fourth-order valence-electron chi connectivity index (χ4n) is 3.13. The minimum absolute atomic E-state index is 0.0672. The van der Waals surface area contributed by atoms with Crippen LogP contribution in [0.1, 0.15) is 11.1 Å². The molecule has 0 saturated carbocycles. The van der Waals surface area contributed by atoms with Crippen LogP contribution < -0.4 is 5.43 Å². The fraction of sp³-hybridized carbons (Fsp3) is 0.136. The van der Waals surface area contributed by atoms with E-state index >= 15 is 0 Å². The molecule has 0 aliphatic heterocycles. The molecule has 0 saturated heterocycles. The van der Waals surface area contributed by atoms with Crippen molar-refractivity contribution >= 4 is 49.5 Å². The van der Waals surface area contributed by atoms with Gasteiger partial charge in [0, 0.05) is 12.6 Å². The SMILES string of the molecule is Cc1ccc2c(=O)c(-c3ccc(CC(=O)CS(=O)(=O)c4ccc(Cl)s4)cn3)coc2c1. The van der Waals surface area contributed by atoms with Crippen LogP contribution in [-0.4, -0.2) is 24.9 Å². The van der Waals surface area contributed by atoms with E-state index in [0.717, 1.165) is 16.9 Å². The molecule has 4 aromatic rings. The van der Waals surface area contributed by atoms with Gasteiger partial charge in [-0.1, -0.05) is 23.7 Å². The van der Waals surface area contributed by atoms with Gasteiger partial charge in [0.25, 0.3) is 0 Å². The number of aryl methyl sites for hydroxylation is 1. The first-order valence-electron chi connectivity index (χ1n) is 9.20. The van der Waals surface area contributed by atoms with Gasteiger partial charge in [0.2, 0.25) is 5.43 Å². The molecule has 0 amide bonds. The number of carbonyl (C=O) groups is 1. The van der Waals surface area contributed by atoms with Crippen molar-refractivity contribution < 1.29 is 17.6 Å². The first-order valence-corrected chi connectivity index (χ1v) is 12.0. The van der Waals surface area contributed by atoms with Gasteiger partial charge in [-0.2, -0.15) is 0 Å². The number of sulfone groups is 1. The molecule has 1 aromatic carbocycles. The summed E-state index contributed by atoms with van der Waals surface area (Å²) in [7, 11) is -3.73. The van der Waals surface area contributed by atoms with E-state index in [1.807, 2.05) is 13.0 Å². The number of halogens is 1. The quantitative estimate of drug-likeness (QED) is 0.410. The lowest BCUT2D eigenvalue weighted by Crippen LogP contribution is -2.17. The zero-order valence-corrected chi connectivity index (χ0v) is 18.7. The molecule has 3 aromatic heterocycles. The third-order valence-electron chi connectivity index (χ3n) is 4.64. The third kappa shape index (κ3) is 4.61. The highest BCUT2D eigenvalue weighted by molar-refractivity contribution is 7.94. The lowest BCUT2D eigenvalue weighted by atomic mass is 10.1. The lowest BCUT2D eigenvalue weighted by Gasteiger charge is -2.05. The van der Waals surface area contributed by atoms with Crippen LogP contribution in [0.5, 0.6) is 0 Å². The minimum Gasteiger partial charge on any atom is -0.463 e. The number of thiophene rings is 1. The maximum Gasteiger partial charge on any atom is 0.202 e. The largest absolute Gasteiger partial charge is 0.463 e. The van der Waals surface area contributed by atoms with Crippen LogP contribution in [0.2, 0.25) is 4.34 Å². The van der Waals surface area contributed by atoms with Gasteiger partial charge in [-0.3, -0.25) is 14.6 Å². The summed E-state index contributed by atoms with van der Waals surface area (Å²) in [6.07, 6.45) is 2.74. The Morgan fingerprint density at radius 1 is 1.16 bits per heavy atom. The van der Waals surface area contributed by atoms with Crippen LogP contribution in [0.25, 0.3) is 22.2 Å². The van der Waals surface area contributed by atoms with E-state index < -0.39 is 21.4 Å². The molecule has 0 atom stereocenters. The van der Waals surface area contributed by atoms with E-state index in [9.17, 15) is 18.0 Å². The number of hydrogen-bond donors (Lipinski definition) is 0. The molecule has 3 heterocycles. The van der Waals surface area contributed by atoms with E-state index in [2.05, 4.69) is 4.98 Å². The van der Waals surface area contributed by atoms with Gasteiger partial charge >= 0.3 is 0 Å². The molecule has 0 N–H and O–H groups in total. The molecule has 0 fully saturated rings. The number of ketones is 1. The van der Waals surface area contributed by atoms with Gasteiger partial charge in [0.1, 0.15) is 21.8 Å². The van der Waals surface area contributed by atoms with E-state index in [4.69, 9.17) is 16.0 Å². The van der Waals surface area contributed by atoms with Crippen LogP contribution in [-0.2, 0) is 21.1 Å². The number of nitrogens with zero attached hydrogens (tertiary/aromatic N) is 1. The van der Waals surface area contributed by atoms with E-state index in [0.29, 0.717) is 32.1 Å². The Labute approximate surface area is 187 Å². The second kappa shape index (κ2) is 8.37. The van der Waals surface area contributed by atoms with Crippen molar-refractivity contribution in [3.8, 4) is 11.3 Å². The van der Waals surface area contributed by atoms with Crippen LogP contribution in [0.4, 0.5) is 0 Å². The Morgan fingerprint density at radius 2 is 1.97 bits per heavy atom. The normalized spacial score (nSPS) is 11.7. The standard InChI is InChI=1S/C22H16ClNO5S2/c1-13-2-4-16-19(8-13)29-11-17(22(16)26)18-5-3-14(10-24-18)9-15(25)12-31(27,28)21-7-6-20(23)30-21/h2-8,10-11H,9,12H2,1H3. The molecular formula is C22H16ClNO5S2. The lowest BCUT2D eigenvalue weighted by molar-refractivity contribution is -0.116. The van der Waals surface area contributed by atoms with Gasteiger partial charge < -0.3 is 4.42 Å². The number of benzene rings is 1. The summed E-state index contributed by atoms with van der Waals surface area (Å²) in [4.78, 5) is 29.3. The molecular weight excluding hydrogens is 458 g/mol. The maximum atomic E-state index is 12.8.